The first-order valence-electron chi connectivity index (χ1n) is 10.4. The first-order valence-corrected chi connectivity index (χ1v) is 11.2. The molecule has 3 N–H and O–H groups in total. The molecule has 2 heterocycles. The quantitative estimate of drug-likeness (QED) is 0.549. The predicted octanol–water partition coefficient (Wildman–Crippen LogP) is 3.71. The number of amides is 1. The summed E-state index contributed by atoms with van der Waals surface area (Å²) in [6.07, 6.45) is 1.77. The van der Waals surface area contributed by atoms with Crippen LogP contribution in [-0.2, 0) is 4.79 Å². The van der Waals surface area contributed by atoms with Crippen LogP contribution in [-0.4, -0.2) is 54.0 Å². The smallest absolute Gasteiger partial charge is 0.238 e. The van der Waals surface area contributed by atoms with Crippen molar-refractivity contribution in [2.24, 2.45) is 0 Å². The number of carbonyl (C=O) groups is 1. The minimum Gasteiger partial charge on any atom is -0.438 e. The SMILES string of the molecule is CC(=O)Nc1cccc(Sc2cnc(N3CCN(C)CC3)nc2Oc2ccccc2)c1N. The van der Waals surface area contributed by atoms with Gasteiger partial charge in [0.05, 0.1) is 22.5 Å². The molecule has 0 saturated carbocycles. The van der Waals surface area contributed by atoms with E-state index in [9.17, 15) is 4.79 Å². The van der Waals surface area contributed by atoms with Gasteiger partial charge in [0.25, 0.3) is 0 Å². The highest BCUT2D eigenvalue weighted by Gasteiger charge is 2.20. The summed E-state index contributed by atoms with van der Waals surface area (Å²) in [6.45, 7) is 5.09. The lowest BCUT2D eigenvalue weighted by atomic mass is 10.2. The highest BCUT2D eigenvalue weighted by molar-refractivity contribution is 7.99. The number of ether oxygens (including phenoxy) is 1. The molecule has 1 fully saturated rings. The number of nitrogens with one attached hydrogen (secondary N) is 1. The molecule has 166 valence electrons. The average molecular weight is 451 g/mol. The van der Waals surface area contributed by atoms with Gasteiger partial charge in [0.1, 0.15) is 5.75 Å². The van der Waals surface area contributed by atoms with Crippen molar-refractivity contribution in [1.29, 1.82) is 0 Å². The van der Waals surface area contributed by atoms with Crippen molar-refractivity contribution < 1.29 is 9.53 Å². The molecule has 1 amide bonds. The van der Waals surface area contributed by atoms with E-state index in [1.165, 1.54) is 18.7 Å². The topological polar surface area (TPSA) is 96.6 Å². The molecule has 1 aromatic heterocycles. The van der Waals surface area contributed by atoms with E-state index in [4.69, 9.17) is 15.5 Å². The molecule has 8 nitrogen and oxygen atoms in total. The van der Waals surface area contributed by atoms with Gasteiger partial charge in [-0.3, -0.25) is 4.79 Å². The maximum Gasteiger partial charge on any atom is 0.238 e. The lowest BCUT2D eigenvalue weighted by Crippen LogP contribution is -2.45. The van der Waals surface area contributed by atoms with Crippen molar-refractivity contribution in [2.45, 2.75) is 16.7 Å². The Morgan fingerprint density at radius 2 is 1.81 bits per heavy atom. The minimum atomic E-state index is -0.174. The highest BCUT2D eigenvalue weighted by atomic mass is 32.2. The van der Waals surface area contributed by atoms with Gasteiger partial charge in [-0.25, -0.2) is 4.98 Å². The van der Waals surface area contributed by atoms with Crippen LogP contribution < -0.4 is 20.7 Å². The second kappa shape index (κ2) is 9.88. The zero-order valence-electron chi connectivity index (χ0n) is 18.1. The van der Waals surface area contributed by atoms with Gasteiger partial charge in [-0.1, -0.05) is 36.0 Å². The van der Waals surface area contributed by atoms with E-state index < -0.39 is 0 Å². The number of carbonyl (C=O) groups excluding carboxylic acids is 1. The van der Waals surface area contributed by atoms with Crippen LogP contribution in [0.25, 0.3) is 0 Å². The molecule has 0 unspecified atom stereocenters. The van der Waals surface area contributed by atoms with Crippen LogP contribution in [0.1, 0.15) is 6.92 Å². The number of rotatable bonds is 6. The van der Waals surface area contributed by atoms with Gasteiger partial charge in [-0.05, 0) is 31.3 Å². The van der Waals surface area contributed by atoms with Crippen LogP contribution in [0.3, 0.4) is 0 Å². The van der Waals surface area contributed by atoms with E-state index in [1.54, 1.807) is 12.3 Å². The Morgan fingerprint density at radius 3 is 2.53 bits per heavy atom. The molecule has 0 aliphatic carbocycles. The lowest BCUT2D eigenvalue weighted by Gasteiger charge is -2.32. The van der Waals surface area contributed by atoms with Crippen LogP contribution >= 0.6 is 11.8 Å². The number of hydrogen-bond acceptors (Lipinski definition) is 8. The second-order valence-corrected chi connectivity index (χ2v) is 8.63. The number of piperazine rings is 1. The van der Waals surface area contributed by atoms with E-state index in [0.29, 0.717) is 29.0 Å². The number of anilines is 3. The summed E-state index contributed by atoms with van der Waals surface area (Å²) in [5.41, 5.74) is 7.37. The van der Waals surface area contributed by atoms with E-state index in [1.807, 2.05) is 42.5 Å². The predicted molar refractivity (Wildman–Crippen MR) is 128 cm³/mol. The van der Waals surface area contributed by atoms with E-state index >= 15 is 0 Å². The molecular formula is C23H26N6O2S. The molecule has 4 rings (SSSR count). The molecule has 1 aliphatic heterocycles. The van der Waals surface area contributed by atoms with Crippen molar-refractivity contribution in [3.05, 3.63) is 54.7 Å². The summed E-state index contributed by atoms with van der Waals surface area (Å²) in [5, 5.41) is 2.76. The first-order chi connectivity index (χ1) is 15.5. The van der Waals surface area contributed by atoms with Crippen molar-refractivity contribution in [2.75, 3.05) is 49.2 Å². The van der Waals surface area contributed by atoms with E-state index in [-0.39, 0.29) is 5.91 Å². The number of para-hydroxylation sites is 2. The van der Waals surface area contributed by atoms with Crippen LogP contribution in [0.4, 0.5) is 17.3 Å². The van der Waals surface area contributed by atoms with Gasteiger partial charge >= 0.3 is 0 Å². The maximum atomic E-state index is 11.5. The molecular weight excluding hydrogens is 424 g/mol. The Labute approximate surface area is 191 Å². The maximum absolute atomic E-state index is 11.5. The van der Waals surface area contributed by atoms with Crippen LogP contribution in [0.2, 0.25) is 0 Å². The fraction of sp³-hybridized carbons (Fsp3) is 0.261. The Balaban J connectivity index is 1.65. The summed E-state index contributed by atoms with van der Waals surface area (Å²) in [5.74, 6) is 1.63. The number of nitrogens with zero attached hydrogens (tertiary/aromatic N) is 4. The largest absolute Gasteiger partial charge is 0.438 e. The van der Waals surface area contributed by atoms with Gasteiger partial charge < -0.3 is 25.6 Å². The molecule has 3 aromatic rings. The zero-order valence-corrected chi connectivity index (χ0v) is 18.9. The Morgan fingerprint density at radius 1 is 1.06 bits per heavy atom. The lowest BCUT2D eigenvalue weighted by molar-refractivity contribution is -0.114. The van der Waals surface area contributed by atoms with Gasteiger partial charge in [0, 0.05) is 38.0 Å². The fourth-order valence-electron chi connectivity index (χ4n) is 3.30. The number of aromatic nitrogens is 2. The van der Waals surface area contributed by atoms with Crippen molar-refractivity contribution in [3.8, 4) is 11.6 Å². The Hall–Kier alpha value is -3.30. The van der Waals surface area contributed by atoms with E-state index in [2.05, 4.69) is 27.1 Å². The number of nitrogen functional groups attached to an aromatic ring is 1. The summed E-state index contributed by atoms with van der Waals surface area (Å²) in [6, 6.07) is 15.1. The third-order valence-corrected chi connectivity index (χ3v) is 6.13. The molecule has 1 saturated heterocycles. The summed E-state index contributed by atoms with van der Waals surface area (Å²) >= 11 is 1.40. The number of likely N-dealkylation sites (N-methyl/N-ethyl adjacent to an activating group) is 1. The fourth-order valence-corrected chi connectivity index (χ4v) is 4.18. The van der Waals surface area contributed by atoms with Gasteiger partial charge in [-0.15, -0.1) is 0 Å². The first kappa shape index (κ1) is 21.9. The minimum absolute atomic E-state index is 0.174. The monoisotopic (exact) mass is 450 g/mol. The van der Waals surface area contributed by atoms with Crippen molar-refractivity contribution in [1.82, 2.24) is 14.9 Å². The molecule has 2 aromatic carbocycles. The van der Waals surface area contributed by atoms with Crippen LogP contribution in [0, 0.1) is 0 Å². The van der Waals surface area contributed by atoms with Crippen LogP contribution in [0.15, 0.2) is 64.5 Å². The molecule has 0 radical (unpaired) electrons. The third kappa shape index (κ3) is 5.30. The van der Waals surface area contributed by atoms with Crippen molar-refractivity contribution in [3.63, 3.8) is 0 Å². The summed E-state index contributed by atoms with van der Waals surface area (Å²) < 4.78 is 6.15. The number of benzene rings is 2. The van der Waals surface area contributed by atoms with Crippen molar-refractivity contribution >= 4 is 35.0 Å². The molecule has 0 bridgehead atoms. The number of hydrogen-bond donors (Lipinski definition) is 2. The van der Waals surface area contributed by atoms with E-state index in [0.717, 1.165) is 36.0 Å². The molecule has 9 heteroatoms. The number of nitrogens with two attached hydrogens (primary N) is 1. The average Bonchev–Trinajstić information content (AvgIpc) is 2.78. The third-order valence-electron chi connectivity index (χ3n) is 5.05. The molecule has 1 aliphatic rings. The molecule has 0 atom stereocenters. The molecule has 0 spiro atoms. The highest BCUT2D eigenvalue weighted by Crippen LogP contribution is 2.40. The van der Waals surface area contributed by atoms with Gasteiger partial charge in [-0.2, -0.15) is 4.98 Å². The standard InChI is InChI=1S/C23H26N6O2S/c1-16(30)26-18-9-6-10-19(21(18)24)32-20-15-25-23(29-13-11-28(2)12-14-29)27-22(20)31-17-7-4-3-5-8-17/h3-10,15H,11-14,24H2,1-2H3,(H,26,30). The normalized spacial score (nSPS) is 14.2. The van der Waals surface area contributed by atoms with Crippen LogP contribution in [0.5, 0.6) is 11.6 Å². The van der Waals surface area contributed by atoms with Gasteiger partial charge in [0.2, 0.25) is 17.7 Å². The Kier molecular flexibility index (Phi) is 6.77. The second-order valence-electron chi connectivity index (χ2n) is 7.55. The summed E-state index contributed by atoms with van der Waals surface area (Å²) in [7, 11) is 2.11. The van der Waals surface area contributed by atoms with Gasteiger partial charge in [0.15, 0.2) is 0 Å². The summed E-state index contributed by atoms with van der Waals surface area (Å²) in [4.78, 5) is 26.8. The zero-order chi connectivity index (χ0) is 22.5. The molecule has 32 heavy (non-hydrogen) atoms. The Bertz CT molecular complexity index is 1090.